The average molecular weight is 194 g/mol. The summed E-state index contributed by atoms with van der Waals surface area (Å²) in [5.41, 5.74) is 2.43. The van der Waals surface area contributed by atoms with Crippen molar-refractivity contribution in [1.82, 2.24) is 9.97 Å². The number of carboxylic acid groups (broad SMARTS) is 1. The molecule has 76 valence electrons. The Morgan fingerprint density at radius 3 is 2.71 bits per heavy atom. The van der Waals surface area contributed by atoms with Gasteiger partial charge in [-0.3, -0.25) is 4.79 Å². The summed E-state index contributed by atoms with van der Waals surface area (Å²) in [6, 6.07) is 0. The molecule has 0 aliphatic rings. The first-order valence-electron chi connectivity index (χ1n) is 4.61. The lowest BCUT2D eigenvalue weighted by Crippen LogP contribution is -2.12. The van der Waals surface area contributed by atoms with E-state index in [1.165, 1.54) is 6.33 Å². The normalized spacial score (nSPS) is 12.5. The monoisotopic (exact) mass is 194 g/mol. The van der Waals surface area contributed by atoms with Crippen molar-refractivity contribution in [2.24, 2.45) is 0 Å². The molecular weight excluding hydrogens is 180 g/mol. The van der Waals surface area contributed by atoms with Gasteiger partial charge < -0.3 is 5.11 Å². The molecule has 4 heteroatoms. The van der Waals surface area contributed by atoms with Crippen LogP contribution in [-0.2, 0) is 11.2 Å². The van der Waals surface area contributed by atoms with Crippen molar-refractivity contribution >= 4 is 5.97 Å². The summed E-state index contributed by atoms with van der Waals surface area (Å²) in [7, 11) is 0. The van der Waals surface area contributed by atoms with Crippen LogP contribution in [0.1, 0.15) is 36.7 Å². The Balaban J connectivity index is 3.15. The predicted octanol–water partition coefficient (Wildman–Crippen LogP) is 1.54. The van der Waals surface area contributed by atoms with E-state index < -0.39 is 11.9 Å². The molecule has 0 saturated carbocycles. The second kappa shape index (κ2) is 4.17. The molecule has 1 heterocycles. The van der Waals surface area contributed by atoms with Crippen LogP contribution < -0.4 is 0 Å². The number of aliphatic carboxylic acids is 1. The van der Waals surface area contributed by atoms with E-state index in [0.29, 0.717) is 5.69 Å². The van der Waals surface area contributed by atoms with Gasteiger partial charge in [-0.15, -0.1) is 0 Å². The molecule has 1 N–H and O–H groups in total. The molecule has 0 fully saturated rings. The van der Waals surface area contributed by atoms with Crippen LogP contribution in [0.3, 0.4) is 0 Å². The fourth-order valence-corrected chi connectivity index (χ4v) is 1.41. The second-order valence-electron chi connectivity index (χ2n) is 3.24. The fourth-order valence-electron chi connectivity index (χ4n) is 1.41. The lowest BCUT2D eigenvalue weighted by molar-refractivity contribution is -0.138. The van der Waals surface area contributed by atoms with E-state index in [2.05, 4.69) is 9.97 Å². The van der Waals surface area contributed by atoms with E-state index in [0.717, 1.165) is 17.7 Å². The summed E-state index contributed by atoms with van der Waals surface area (Å²) in [4.78, 5) is 18.9. The summed E-state index contributed by atoms with van der Waals surface area (Å²) in [5, 5.41) is 8.86. The Morgan fingerprint density at radius 1 is 1.57 bits per heavy atom. The van der Waals surface area contributed by atoms with Crippen LogP contribution in [0.15, 0.2) is 6.33 Å². The first-order valence-corrected chi connectivity index (χ1v) is 4.61. The number of carboxylic acids is 1. The molecule has 0 bridgehead atoms. The fraction of sp³-hybridized carbons (Fsp3) is 0.500. The van der Waals surface area contributed by atoms with Crippen LogP contribution in [0.4, 0.5) is 0 Å². The van der Waals surface area contributed by atoms with Gasteiger partial charge in [-0.1, -0.05) is 6.92 Å². The number of aromatic nitrogens is 2. The van der Waals surface area contributed by atoms with Crippen molar-refractivity contribution in [1.29, 1.82) is 0 Å². The smallest absolute Gasteiger partial charge is 0.312 e. The highest BCUT2D eigenvalue weighted by atomic mass is 16.4. The van der Waals surface area contributed by atoms with Gasteiger partial charge in [0.15, 0.2) is 0 Å². The molecule has 1 atom stereocenters. The van der Waals surface area contributed by atoms with Crippen LogP contribution in [0.2, 0.25) is 0 Å². The Kier molecular flexibility index (Phi) is 3.17. The summed E-state index contributed by atoms with van der Waals surface area (Å²) >= 11 is 0. The number of carbonyl (C=O) groups is 1. The van der Waals surface area contributed by atoms with Gasteiger partial charge in [-0.25, -0.2) is 9.97 Å². The first-order chi connectivity index (χ1) is 6.57. The molecule has 1 aromatic rings. The van der Waals surface area contributed by atoms with E-state index in [1.807, 2.05) is 13.8 Å². The summed E-state index contributed by atoms with van der Waals surface area (Å²) < 4.78 is 0. The number of hydrogen-bond acceptors (Lipinski definition) is 3. The summed E-state index contributed by atoms with van der Waals surface area (Å²) in [6.07, 6.45) is 2.23. The van der Waals surface area contributed by atoms with Gasteiger partial charge in [0.1, 0.15) is 6.33 Å². The Hall–Kier alpha value is -1.45. The van der Waals surface area contributed by atoms with Gasteiger partial charge in [-0.05, 0) is 25.8 Å². The van der Waals surface area contributed by atoms with Crippen LogP contribution in [0, 0.1) is 6.92 Å². The van der Waals surface area contributed by atoms with Crippen molar-refractivity contribution in [2.75, 3.05) is 0 Å². The van der Waals surface area contributed by atoms with Gasteiger partial charge in [0.05, 0.1) is 11.6 Å². The molecule has 0 aliphatic heterocycles. The second-order valence-corrected chi connectivity index (χ2v) is 3.24. The molecular formula is C10H14N2O2. The van der Waals surface area contributed by atoms with E-state index in [4.69, 9.17) is 5.11 Å². The minimum Gasteiger partial charge on any atom is -0.481 e. The molecule has 4 nitrogen and oxygen atoms in total. The molecule has 0 saturated heterocycles. The topological polar surface area (TPSA) is 63.1 Å². The van der Waals surface area contributed by atoms with Crippen molar-refractivity contribution in [3.05, 3.63) is 23.3 Å². The number of aryl methyl sites for hydroxylation is 1. The Morgan fingerprint density at radius 2 is 2.21 bits per heavy atom. The van der Waals surface area contributed by atoms with Crippen LogP contribution in [0.25, 0.3) is 0 Å². The third kappa shape index (κ3) is 1.89. The molecule has 0 radical (unpaired) electrons. The van der Waals surface area contributed by atoms with Gasteiger partial charge >= 0.3 is 5.97 Å². The average Bonchev–Trinajstić information content (AvgIpc) is 2.17. The van der Waals surface area contributed by atoms with Crippen LogP contribution in [0.5, 0.6) is 0 Å². The lowest BCUT2D eigenvalue weighted by atomic mass is 10.0. The molecule has 0 aromatic carbocycles. The molecule has 14 heavy (non-hydrogen) atoms. The number of nitrogens with zero attached hydrogens (tertiary/aromatic N) is 2. The van der Waals surface area contributed by atoms with E-state index in [-0.39, 0.29) is 0 Å². The van der Waals surface area contributed by atoms with Crippen molar-refractivity contribution in [3.8, 4) is 0 Å². The predicted molar refractivity (Wildman–Crippen MR) is 52.2 cm³/mol. The minimum atomic E-state index is -0.853. The molecule has 1 aromatic heterocycles. The van der Waals surface area contributed by atoms with Crippen LogP contribution in [-0.4, -0.2) is 21.0 Å². The molecule has 1 rings (SSSR count). The molecule has 0 aliphatic carbocycles. The van der Waals surface area contributed by atoms with E-state index >= 15 is 0 Å². The number of hydrogen-bond donors (Lipinski definition) is 1. The third-order valence-electron chi connectivity index (χ3n) is 2.34. The van der Waals surface area contributed by atoms with E-state index in [1.54, 1.807) is 6.92 Å². The van der Waals surface area contributed by atoms with Gasteiger partial charge in [0.2, 0.25) is 0 Å². The quantitative estimate of drug-likeness (QED) is 0.792. The minimum absolute atomic E-state index is 0.566. The van der Waals surface area contributed by atoms with Crippen molar-refractivity contribution in [3.63, 3.8) is 0 Å². The maximum Gasteiger partial charge on any atom is 0.312 e. The van der Waals surface area contributed by atoms with Crippen molar-refractivity contribution < 1.29 is 9.90 Å². The van der Waals surface area contributed by atoms with Crippen molar-refractivity contribution in [2.45, 2.75) is 33.1 Å². The zero-order valence-electron chi connectivity index (χ0n) is 8.61. The lowest BCUT2D eigenvalue weighted by Gasteiger charge is -2.10. The summed E-state index contributed by atoms with van der Waals surface area (Å²) in [6.45, 7) is 5.50. The molecule has 0 spiro atoms. The highest BCUT2D eigenvalue weighted by Gasteiger charge is 2.18. The Bertz CT molecular complexity index is 350. The zero-order valence-corrected chi connectivity index (χ0v) is 8.61. The highest BCUT2D eigenvalue weighted by molar-refractivity contribution is 5.75. The molecule has 0 amide bonds. The van der Waals surface area contributed by atoms with Gasteiger partial charge in [0.25, 0.3) is 0 Å². The van der Waals surface area contributed by atoms with Crippen LogP contribution >= 0.6 is 0 Å². The molecule has 1 unspecified atom stereocenters. The standard InChI is InChI=1S/C10H14N2O2/c1-4-8-6(2)9(12-5-11-8)7(3)10(13)14/h5,7H,4H2,1-3H3,(H,13,14). The largest absolute Gasteiger partial charge is 0.481 e. The zero-order chi connectivity index (χ0) is 10.7. The maximum absolute atomic E-state index is 10.8. The summed E-state index contributed by atoms with van der Waals surface area (Å²) in [5.74, 6) is -1.42. The number of rotatable bonds is 3. The van der Waals surface area contributed by atoms with Gasteiger partial charge in [-0.2, -0.15) is 0 Å². The highest BCUT2D eigenvalue weighted by Crippen LogP contribution is 2.18. The first kappa shape index (κ1) is 10.6. The van der Waals surface area contributed by atoms with E-state index in [9.17, 15) is 4.79 Å². The van der Waals surface area contributed by atoms with Gasteiger partial charge in [0, 0.05) is 5.69 Å². The Labute approximate surface area is 83.0 Å². The SMILES string of the molecule is CCc1ncnc(C(C)C(=O)O)c1C. The maximum atomic E-state index is 10.8. The third-order valence-corrected chi connectivity index (χ3v) is 2.34.